The van der Waals surface area contributed by atoms with Crippen LogP contribution in [0.5, 0.6) is 0 Å². The highest BCUT2D eigenvalue weighted by Gasteiger charge is 2.51. The molecule has 1 atom stereocenters. The number of alkyl halides is 3. The Hall–Kier alpha value is -2.73. The van der Waals surface area contributed by atoms with Gasteiger partial charge in [-0.15, -0.1) is 11.8 Å². The molecule has 1 unspecified atom stereocenters. The number of carboxylic acid groups (broad SMARTS) is 1. The van der Waals surface area contributed by atoms with E-state index in [1.165, 1.54) is 6.20 Å². The molecule has 2 fully saturated rings. The van der Waals surface area contributed by atoms with Crippen LogP contribution >= 0.6 is 11.8 Å². The molecule has 0 bridgehead atoms. The summed E-state index contributed by atoms with van der Waals surface area (Å²) < 4.78 is 37.9. The Bertz CT molecular complexity index is 955. The van der Waals surface area contributed by atoms with E-state index in [1.54, 1.807) is 12.4 Å². The summed E-state index contributed by atoms with van der Waals surface area (Å²) in [6.07, 6.45) is 0.771. The molecule has 1 N–H and O–H groups in total. The van der Waals surface area contributed by atoms with Gasteiger partial charge in [-0.25, -0.2) is 9.78 Å². The highest BCUT2D eigenvalue weighted by atomic mass is 32.2. The van der Waals surface area contributed by atoms with Crippen LogP contribution in [0, 0.1) is 6.92 Å². The first-order valence-electron chi connectivity index (χ1n) is 9.61. The summed E-state index contributed by atoms with van der Waals surface area (Å²) in [7, 11) is 0. The lowest BCUT2D eigenvalue weighted by atomic mass is 9.92. The van der Waals surface area contributed by atoms with Gasteiger partial charge >= 0.3 is 12.1 Å². The molecule has 2 aromatic heterocycles. The van der Waals surface area contributed by atoms with Gasteiger partial charge in [0.15, 0.2) is 0 Å². The number of pyridine rings is 1. The van der Waals surface area contributed by atoms with Crippen LogP contribution in [-0.2, 0) is 16.1 Å². The van der Waals surface area contributed by atoms with Crippen molar-refractivity contribution >= 4 is 23.6 Å². The fraction of sp³-hybridized carbons (Fsp3) is 0.450. The summed E-state index contributed by atoms with van der Waals surface area (Å²) >= 11 is 1.92. The topological polar surface area (TPSA) is 106 Å². The minimum Gasteiger partial charge on any atom is -0.475 e. The summed E-state index contributed by atoms with van der Waals surface area (Å²) in [4.78, 5) is 35.6. The second-order valence-electron chi connectivity index (χ2n) is 7.46. The zero-order valence-corrected chi connectivity index (χ0v) is 17.9. The number of nitrogens with zero attached hydrogens (tertiary/aromatic N) is 4. The third-order valence-electron chi connectivity index (χ3n) is 4.86. The van der Waals surface area contributed by atoms with Crippen LogP contribution in [0.1, 0.15) is 28.3 Å². The molecule has 2 aromatic rings. The first kappa shape index (κ1) is 23.9. The van der Waals surface area contributed by atoms with Gasteiger partial charge in [-0.2, -0.15) is 13.2 Å². The fourth-order valence-electron chi connectivity index (χ4n) is 3.38. The number of carbonyl (C=O) groups excluding carboxylic acids is 1. The molecule has 172 valence electrons. The van der Waals surface area contributed by atoms with Crippen LogP contribution in [0.4, 0.5) is 13.2 Å². The van der Waals surface area contributed by atoms with Gasteiger partial charge in [0.1, 0.15) is 5.69 Å². The smallest absolute Gasteiger partial charge is 0.475 e. The number of aliphatic carboxylic acids is 1. The van der Waals surface area contributed by atoms with E-state index in [1.807, 2.05) is 41.8 Å². The molecule has 32 heavy (non-hydrogen) atoms. The normalized spacial score (nSPS) is 19.1. The first-order valence-corrected chi connectivity index (χ1v) is 10.6. The molecule has 0 aromatic carbocycles. The Morgan fingerprint density at radius 2 is 2.03 bits per heavy atom. The van der Waals surface area contributed by atoms with Crippen molar-refractivity contribution in [3.05, 3.63) is 53.9 Å². The minimum atomic E-state index is -5.08. The molecule has 1 spiro atoms. The number of ether oxygens (including phenoxy) is 1. The molecule has 8 nitrogen and oxygen atoms in total. The van der Waals surface area contributed by atoms with Crippen LogP contribution in [0.2, 0.25) is 0 Å². The first-order chi connectivity index (χ1) is 15.1. The summed E-state index contributed by atoms with van der Waals surface area (Å²) in [6.45, 7) is 4.05. The van der Waals surface area contributed by atoms with Crippen molar-refractivity contribution in [2.45, 2.75) is 37.0 Å². The van der Waals surface area contributed by atoms with Crippen LogP contribution in [0.15, 0.2) is 36.8 Å². The van der Waals surface area contributed by atoms with Crippen molar-refractivity contribution in [3.63, 3.8) is 0 Å². The van der Waals surface area contributed by atoms with E-state index in [4.69, 9.17) is 14.6 Å². The van der Waals surface area contributed by atoms with E-state index >= 15 is 0 Å². The number of carbonyl (C=O) groups is 2. The Morgan fingerprint density at radius 1 is 1.31 bits per heavy atom. The SMILES string of the molecule is Cc1cccc(COC2CSC3(C2)CN(C(=O)c2cnccn2)C3)n1.O=C(O)C(F)(F)F. The second kappa shape index (κ2) is 9.82. The number of aromatic nitrogens is 3. The van der Waals surface area contributed by atoms with Gasteiger partial charge in [0.25, 0.3) is 5.91 Å². The number of likely N-dealkylation sites (tertiary alicyclic amines) is 1. The Kier molecular flexibility index (Phi) is 7.34. The van der Waals surface area contributed by atoms with Crippen molar-refractivity contribution in [3.8, 4) is 0 Å². The van der Waals surface area contributed by atoms with Crippen molar-refractivity contribution in [1.82, 2.24) is 19.9 Å². The number of halogens is 3. The minimum absolute atomic E-state index is 0.0346. The zero-order chi connectivity index (χ0) is 23.4. The maximum atomic E-state index is 12.4. The number of hydrogen-bond acceptors (Lipinski definition) is 7. The van der Waals surface area contributed by atoms with Crippen LogP contribution < -0.4 is 0 Å². The summed E-state index contributed by atoms with van der Waals surface area (Å²) in [5.74, 6) is -1.82. The number of amides is 1. The Labute approximate surface area is 186 Å². The third kappa shape index (κ3) is 6.16. The molecule has 0 radical (unpaired) electrons. The molecule has 2 aliphatic rings. The van der Waals surface area contributed by atoms with Gasteiger partial charge in [0, 0.05) is 36.9 Å². The van der Waals surface area contributed by atoms with Crippen molar-refractivity contribution < 1.29 is 32.6 Å². The van der Waals surface area contributed by atoms with E-state index < -0.39 is 12.1 Å². The maximum absolute atomic E-state index is 12.4. The van der Waals surface area contributed by atoms with Crippen LogP contribution in [0.25, 0.3) is 0 Å². The average molecular weight is 470 g/mol. The van der Waals surface area contributed by atoms with Crippen molar-refractivity contribution in [2.75, 3.05) is 18.8 Å². The average Bonchev–Trinajstić information content (AvgIpc) is 3.16. The third-order valence-corrected chi connectivity index (χ3v) is 6.43. The van der Waals surface area contributed by atoms with Crippen molar-refractivity contribution in [1.29, 1.82) is 0 Å². The molecule has 12 heteroatoms. The second-order valence-corrected chi connectivity index (χ2v) is 8.94. The lowest BCUT2D eigenvalue weighted by Gasteiger charge is -2.47. The maximum Gasteiger partial charge on any atom is 0.490 e. The van der Waals surface area contributed by atoms with Gasteiger partial charge in [-0.3, -0.25) is 14.8 Å². The van der Waals surface area contributed by atoms with Gasteiger partial charge in [-0.1, -0.05) is 6.07 Å². The summed E-state index contributed by atoms with van der Waals surface area (Å²) in [6, 6.07) is 5.99. The lowest BCUT2D eigenvalue weighted by Crippen LogP contribution is -2.60. The molecule has 4 rings (SSSR count). The Balaban J connectivity index is 0.000000360. The summed E-state index contributed by atoms with van der Waals surface area (Å²) in [5.41, 5.74) is 2.40. The van der Waals surface area contributed by atoms with Gasteiger partial charge in [0.05, 0.1) is 29.3 Å². The summed E-state index contributed by atoms with van der Waals surface area (Å²) in [5, 5.41) is 7.12. The van der Waals surface area contributed by atoms with E-state index in [9.17, 15) is 18.0 Å². The molecule has 0 aliphatic carbocycles. The molecule has 1 amide bonds. The van der Waals surface area contributed by atoms with Crippen molar-refractivity contribution in [2.24, 2.45) is 0 Å². The van der Waals surface area contributed by atoms with Crippen LogP contribution in [-0.4, -0.2) is 72.7 Å². The fourth-order valence-corrected chi connectivity index (χ4v) is 4.93. The monoisotopic (exact) mass is 470 g/mol. The Morgan fingerprint density at radius 3 is 2.62 bits per heavy atom. The molecular formula is C20H21F3N4O4S. The standard InChI is InChI=1S/C18H20N4O2S.C2HF3O2/c1-13-3-2-4-14(21-13)9-24-15-7-18(25-10-15)11-22(12-18)17(23)16-8-19-5-6-20-16;3-2(4,5)1(6)7/h2-6,8,15H,7,9-12H2,1H3;(H,6,7). The van der Waals surface area contributed by atoms with E-state index in [-0.39, 0.29) is 16.8 Å². The van der Waals surface area contributed by atoms with E-state index in [0.717, 1.165) is 36.7 Å². The van der Waals surface area contributed by atoms with Gasteiger partial charge in [-0.05, 0) is 25.5 Å². The quantitative estimate of drug-likeness (QED) is 0.727. The molecule has 4 heterocycles. The molecular weight excluding hydrogens is 449 g/mol. The predicted molar refractivity (Wildman–Crippen MR) is 109 cm³/mol. The van der Waals surface area contributed by atoms with Gasteiger partial charge < -0.3 is 14.7 Å². The number of hydrogen-bond donors (Lipinski definition) is 1. The van der Waals surface area contributed by atoms with E-state index in [2.05, 4.69) is 15.0 Å². The van der Waals surface area contributed by atoms with E-state index in [0.29, 0.717) is 12.3 Å². The molecule has 2 saturated heterocycles. The van der Waals surface area contributed by atoms with Gasteiger partial charge in [0.2, 0.25) is 0 Å². The molecule has 2 aliphatic heterocycles. The highest BCUT2D eigenvalue weighted by Crippen LogP contribution is 2.46. The van der Waals surface area contributed by atoms with Crippen LogP contribution in [0.3, 0.4) is 0 Å². The predicted octanol–water partition coefficient (Wildman–Crippen LogP) is 2.73. The highest BCUT2D eigenvalue weighted by molar-refractivity contribution is 8.01. The lowest BCUT2D eigenvalue weighted by molar-refractivity contribution is -0.192. The number of thioether (sulfide) groups is 1. The zero-order valence-electron chi connectivity index (χ0n) is 17.1. The largest absolute Gasteiger partial charge is 0.490 e. The number of carboxylic acids is 1. The number of rotatable bonds is 4. The molecule has 0 saturated carbocycles. The number of aryl methyl sites for hydroxylation is 1.